The smallest absolute Gasteiger partial charge is 0.127 e. The fourth-order valence-corrected chi connectivity index (χ4v) is 4.43. The average molecular weight is 372 g/mol. The van der Waals surface area contributed by atoms with Crippen LogP contribution in [0.2, 0.25) is 0 Å². The topological polar surface area (TPSA) is 36.9 Å². The normalized spacial score (nSPS) is 11.6. The van der Waals surface area contributed by atoms with Crippen molar-refractivity contribution < 1.29 is 18.9 Å². The Hall–Kier alpha value is -3.40. The highest BCUT2D eigenvalue weighted by Gasteiger charge is 2.23. The van der Waals surface area contributed by atoms with Crippen molar-refractivity contribution >= 4 is 43.1 Å². The van der Waals surface area contributed by atoms with Gasteiger partial charge in [0.15, 0.2) is 0 Å². The highest BCUT2D eigenvalue weighted by molar-refractivity contribution is 6.37. The Kier molecular flexibility index (Phi) is 3.63. The average Bonchev–Trinajstić information content (AvgIpc) is 2.75. The molecule has 0 aliphatic heterocycles. The zero-order chi connectivity index (χ0) is 19.4. The molecule has 140 valence electrons. The van der Waals surface area contributed by atoms with E-state index in [0.717, 1.165) is 66.1 Å². The van der Waals surface area contributed by atoms with Crippen molar-refractivity contribution in [1.29, 1.82) is 0 Å². The third-order valence-electron chi connectivity index (χ3n) is 5.60. The van der Waals surface area contributed by atoms with Crippen molar-refractivity contribution in [3.63, 3.8) is 0 Å². The van der Waals surface area contributed by atoms with E-state index in [-0.39, 0.29) is 0 Å². The van der Waals surface area contributed by atoms with Crippen LogP contribution < -0.4 is 18.9 Å². The maximum absolute atomic E-state index is 5.78. The summed E-state index contributed by atoms with van der Waals surface area (Å²) < 4.78 is 23.1. The first-order chi connectivity index (χ1) is 13.7. The summed E-state index contributed by atoms with van der Waals surface area (Å²) in [6.07, 6.45) is 0. The largest absolute Gasteiger partial charge is 0.496 e. The fourth-order valence-electron chi connectivity index (χ4n) is 4.43. The Morgan fingerprint density at radius 1 is 0.357 bits per heavy atom. The van der Waals surface area contributed by atoms with Crippen LogP contribution in [0.4, 0.5) is 0 Å². The van der Waals surface area contributed by atoms with Crippen LogP contribution in [0.25, 0.3) is 43.1 Å². The van der Waals surface area contributed by atoms with Crippen molar-refractivity contribution in [2.75, 3.05) is 28.4 Å². The molecule has 0 aromatic heterocycles. The molecular weight excluding hydrogens is 352 g/mol. The lowest BCUT2D eigenvalue weighted by molar-refractivity contribution is 0.415. The number of hydrogen-bond acceptors (Lipinski definition) is 4. The van der Waals surface area contributed by atoms with Gasteiger partial charge in [-0.05, 0) is 35.0 Å². The summed E-state index contributed by atoms with van der Waals surface area (Å²) >= 11 is 0. The van der Waals surface area contributed by atoms with Crippen LogP contribution in [-0.4, -0.2) is 28.4 Å². The number of fused-ring (bicyclic) bond motifs is 2. The molecule has 0 aliphatic rings. The lowest BCUT2D eigenvalue weighted by Crippen LogP contribution is -1.97. The molecule has 0 saturated heterocycles. The van der Waals surface area contributed by atoms with Gasteiger partial charge in [0.05, 0.1) is 28.4 Å². The zero-order valence-corrected chi connectivity index (χ0v) is 16.3. The van der Waals surface area contributed by atoms with Crippen LogP contribution in [-0.2, 0) is 0 Å². The Morgan fingerprint density at radius 3 is 0.821 bits per heavy atom. The summed E-state index contributed by atoms with van der Waals surface area (Å²) in [6.45, 7) is 0. The molecule has 4 nitrogen and oxygen atoms in total. The van der Waals surface area contributed by atoms with Gasteiger partial charge in [0.25, 0.3) is 0 Å². The van der Waals surface area contributed by atoms with Gasteiger partial charge in [-0.3, -0.25) is 0 Å². The monoisotopic (exact) mass is 372 g/mol. The SMILES string of the molecule is COc1ccc2ccc(OC)c3c4c(OC)ccc5ccc(OC)c(c1c23)c54. The molecule has 0 radical (unpaired) electrons. The van der Waals surface area contributed by atoms with Gasteiger partial charge in [-0.25, -0.2) is 0 Å². The van der Waals surface area contributed by atoms with Crippen molar-refractivity contribution in [2.24, 2.45) is 0 Å². The second kappa shape index (κ2) is 6.06. The number of methoxy groups -OCH3 is 4. The maximum atomic E-state index is 5.78. The molecule has 0 N–H and O–H groups in total. The molecule has 0 atom stereocenters. The van der Waals surface area contributed by atoms with Gasteiger partial charge in [-0.2, -0.15) is 0 Å². The van der Waals surface area contributed by atoms with Crippen LogP contribution in [0.15, 0.2) is 48.5 Å². The van der Waals surface area contributed by atoms with Crippen LogP contribution in [0.1, 0.15) is 0 Å². The van der Waals surface area contributed by atoms with E-state index in [1.165, 1.54) is 0 Å². The Labute approximate surface area is 162 Å². The standard InChI is InChI=1S/C24H20O4/c1-25-15-9-5-13-6-11-17(27-3)23-19(13)21(15)22-16(26-2)10-7-14-8-12-18(28-4)24(23)20(14)22/h5-12H,1-4H3. The van der Waals surface area contributed by atoms with E-state index in [2.05, 4.69) is 24.3 Å². The molecular formula is C24H20O4. The highest BCUT2D eigenvalue weighted by atomic mass is 16.5. The van der Waals surface area contributed by atoms with Gasteiger partial charge < -0.3 is 18.9 Å². The van der Waals surface area contributed by atoms with Gasteiger partial charge in [0, 0.05) is 32.3 Å². The molecule has 0 saturated carbocycles. The minimum atomic E-state index is 0.807. The maximum Gasteiger partial charge on any atom is 0.127 e. The Bertz CT molecular complexity index is 1150. The summed E-state index contributed by atoms with van der Waals surface area (Å²) in [5, 5.41) is 8.50. The van der Waals surface area contributed by atoms with Crippen LogP contribution in [0.3, 0.4) is 0 Å². The second-order valence-corrected chi connectivity index (χ2v) is 6.77. The van der Waals surface area contributed by atoms with Crippen molar-refractivity contribution in [3.8, 4) is 23.0 Å². The molecule has 0 fully saturated rings. The Balaban J connectivity index is 2.28. The molecule has 0 spiro atoms. The van der Waals surface area contributed by atoms with E-state index in [1.807, 2.05) is 24.3 Å². The molecule has 5 aromatic carbocycles. The summed E-state index contributed by atoms with van der Waals surface area (Å²) in [4.78, 5) is 0. The lowest BCUT2D eigenvalue weighted by Gasteiger charge is -2.21. The number of rotatable bonds is 4. The van der Waals surface area contributed by atoms with Crippen LogP contribution in [0.5, 0.6) is 23.0 Å². The van der Waals surface area contributed by atoms with Crippen molar-refractivity contribution in [2.45, 2.75) is 0 Å². The minimum Gasteiger partial charge on any atom is -0.496 e. The number of benzene rings is 5. The molecule has 4 heteroatoms. The first kappa shape index (κ1) is 16.8. The number of hydrogen-bond donors (Lipinski definition) is 0. The third kappa shape index (κ3) is 2.00. The molecule has 5 rings (SSSR count). The van der Waals surface area contributed by atoms with Gasteiger partial charge >= 0.3 is 0 Å². The molecule has 0 amide bonds. The van der Waals surface area contributed by atoms with Crippen LogP contribution in [0, 0.1) is 0 Å². The molecule has 0 heterocycles. The van der Waals surface area contributed by atoms with E-state index in [4.69, 9.17) is 18.9 Å². The molecule has 0 aliphatic carbocycles. The predicted octanol–water partition coefficient (Wildman–Crippen LogP) is 5.77. The van der Waals surface area contributed by atoms with Gasteiger partial charge in [-0.15, -0.1) is 0 Å². The fraction of sp³-hybridized carbons (Fsp3) is 0.167. The van der Waals surface area contributed by atoms with E-state index >= 15 is 0 Å². The molecule has 28 heavy (non-hydrogen) atoms. The van der Waals surface area contributed by atoms with E-state index in [0.29, 0.717) is 0 Å². The van der Waals surface area contributed by atoms with E-state index < -0.39 is 0 Å². The summed E-state index contributed by atoms with van der Waals surface area (Å²) in [6, 6.07) is 16.4. The van der Waals surface area contributed by atoms with Gasteiger partial charge in [-0.1, -0.05) is 24.3 Å². The highest BCUT2D eigenvalue weighted by Crippen LogP contribution is 2.51. The quantitative estimate of drug-likeness (QED) is 0.296. The molecule has 0 unspecified atom stereocenters. The van der Waals surface area contributed by atoms with Crippen molar-refractivity contribution in [1.82, 2.24) is 0 Å². The molecule has 5 aromatic rings. The lowest BCUT2D eigenvalue weighted by atomic mass is 9.88. The number of ether oxygens (including phenoxy) is 4. The zero-order valence-electron chi connectivity index (χ0n) is 16.3. The summed E-state index contributed by atoms with van der Waals surface area (Å²) in [5.74, 6) is 3.23. The summed E-state index contributed by atoms with van der Waals surface area (Å²) in [5.41, 5.74) is 0. The minimum absolute atomic E-state index is 0.807. The first-order valence-electron chi connectivity index (χ1n) is 9.09. The van der Waals surface area contributed by atoms with Crippen molar-refractivity contribution in [3.05, 3.63) is 48.5 Å². The second-order valence-electron chi connectivity index (χ2n) is 6.77. The van der Waals surface area contributed by atoms with E-state index in [1.54, 1.807) is 28.4 Å². The Morgan fingerprint density at radius 2 is 0.607 bits per heavy atom. The molecule has 0 bridgehead atoms. The van der Waals surface area contributed by atoms with Gasteiger partial charge in [0.2, 0.25) is 0 Å². The van der Waals surface area contributed by atoms with Crippen LogP contribution >= 0.6 is 0 Å². The van der Waals surface area contributed by atoms with Gasteiger partial charge in [0.1, 0.15) is 23.0 Å². The predicted molar refractivity (Wildman–Crippen MR) is 114 cm³/mol. The third-order valence-corrected chi connectivity index (χ3v) is 5.60. The first-order valence-corrected chi connectivity index (χ1v) is 9.09. The summed E-state index contributed by atoms with van der Waals surface area (Å²) in [7, 11) is 6.80. The van der Waals surface area contributed by atoms with E-state index in [9.17, 15) is 0 Å².